The zero-order valence-electron chi connectivity index (χ0n) is 10.1. The number of morpholine rings is 1. The Morgan fingerprint density at radius 3 is 2.88 bits per heavy atom. The number of nitrogens with two attached hydrogens (primary N) is 1. The van der Waals surface area contributed by atoms with Crippen LogP contribution in [-0.4, -0.2) is 37.9 Å². The first-order valence-electron chi connectivity index (χ1n) is 5.91. The van der Waals surface area contributed by atoms with Gasteiger partial charge in [-0.15, -0.1) is 0 Å². The normalized spacial score (nSPS) is 16.8. The highest BCUT2D eigenvalue weighted by molar-refractivity contribution is 5.61. The van der Waals surface area contributed by atoms with Crippen LogP contribution in [0.25, 0.3) is 0 Å². The second-order valence-electron chi connectivity index (χ2n) is 3.90. The lowest BCUT2D eigenvalue weighted by Crippen LogP contribution is -2.40. The minimum Gasteiger partial charge on any atom is -0.492 e. The van der Waals surface area contributed by atoms with Gasteiger partial charge in [0, 0.05) is 19.2 Å². The van der Waals surface area contributed by atoms with Gasteiger partial charge in [0.25, 0.3) is 0 Å². The third-order valence-electron chi connectivity index (χ3n) is 2.61. The smallest absolute Gasteiger partial charge is 0.144 e. The average molecular weight is 237 g/mol. The number of nitrogens with zero attached hydrogens (tertiary/aromatic N) is 1. The fraction of sp³-hybridized carbons (Fsp3) is 0.500. The Morgan fingerprint density at radius 2 is 2.18 bits per heavy atom. The summed E-state index contributed by atoms with van der Waals surface area (Å²) in [5, 5.41) is 2.13. The molecule has 1 fully saturated rings. The molecule has 0 atom stereocenters. The van der Waals surface area contributed by atoms with Crippen molar-refractivity contribution in [2.24, 2.45) is 0 Å². The average Bonchev–Trinajstić information content (AvgIpc) is 2.35. The summed E-state index contributed by atoms with van der Waals surface area (Å²) in [5.41, 5.74) is 10.8. The molecule has 0 bridgehead atoms. The van der Waals surface area contributed by atoms with Gasteiger partial charge in [-0.1, -0.05) is 0 Å². The molecule has 3 N–H and O–H groups in total. The van der Waals surface area contributed by atoms with Crippen molar-refractivity contribution < 1.29 is 9.47 Å². The quantitative estimate of drug-likeness (QED) is 0.774. The molecule has 0 radical (unpaired) electrons. The van der Waals surface area contributed by atoms with E-state index < -0.39 is 0 Å². The third kappa shape index (κ3) is 3.25. The van der Waals surface area contributed by atoms with Crippen LogP contribution < -0.4 is 15.9 Å². The molecule has 17 heavy (non-hydrogen) atoms. The van der Waals surface area contributed by atoms with E-state index in [0.717, 1.165) is 37.7 Å². The molecule has 0 spiro atoms. The van der Waals surface area contributed by atoms with Crippen LogP contribution in [0.15, 0.2) is 18.2 Å². The first kappa shape index (κ1) is 12.0. The van der Waals surface area contributed by atoms with E-state index in [-0.39, 0.29) is 0 Å². The second kappa shape index (κ2) is 5.75. The van der Waals surface area contributed by atoms with Crippen molar-refractivity contribution in [3.05, 3.63) is 18.2 Å². The first-order chi connectivity index (χ1) is 8.29. The van der Waals surface area contributed by atoms with Gasteiger partial charge in [-0.3, -0.25) is 0 Å². The fourth-order valence-corrected chi connectivity index (χ4v) is 1.74. The van der Waals surface area contributed by atoms with Gasteiger partial charge in [0.05, 0.1) is 31.2 Å². The molecular weight excluding hydrogens is 218 g/mol. The van der Waals surface area contributed by atoms with E-state index in [1.54, 1.807) is 0 Å². The third-order valence-corrected chi connectivity index (χ3v) is 2.61. The minimum absolute atomic E-state index is 0.616. The highest BCUT2D eigenvalue weighted by atomic mass is 16.5. The van der Waals surface area contributed by atoms with Crippen molar-refractivity contribution in [1.29, 1.82) is 0 Å². The van der Waals surface area contributed by atoms with Gasteiger partial charge in [0.1, 0.15) is 5.75 Å². The van der Waals surface area contributed by atoms with Crippen LogP contribution in [-0.2, 0) is 4.74 Å². The van der Waals surface area contributed by atoms with E-state index in [1.165, 1.54) is 0 Å². The number of anilines is 2. The fourth-order valence-electron chi connectivity index (χ4n) is 1.74. The molecule has 0 unspecified atom stereocenters. The molecule has 1 aliphatic rings. The van der Waals surface area contributed by atoms with Crippen LogP contribution in [0.3, 0.4) is 0 Å². The van der Waals surface area contributed by atoms with Crippen molar-refractivity contribution >= 4 is 11.4 Å². The van der Waals surface area contributed by atoms with Crippen molar-refractivity contribution in [1.82, 2.24) is 5.01 Å². The molecule has 94 valence electrons. The van der Waals surface area contributed by atoms with E-state index in [0.29, 0.717) is 12.3 Å². The summed E-state index contributed by atoms with van der Waals surface area (Å²) in [6, 6.07) is 5.73. The SMILES string of the molecule is CCOc1cc(NN2CCOCC2)ccc1N. The second-order valence-corrected chi connectivity index (χ2v) is 3.90. The summed E-state index contributed by atoms with van der Waals surface area (Å²) in [4.78, 5) is 0. The number of nitrogen functional groups attached to an aromatic ring is 1. The molecule has 2 rings (SSSR count). The topological polar surface area (TPSA) is 59.8 Å². The summed E-state index contributed by atoms with van der Waals surface area (Å²) in [6.07, 6.45) is 0. The van der Waals surface area contributed by atoms with Gasteiger partial charge in [0.15, 0.2) is 0 Å². The maximum absolute atomic E-state index is 5.82. The first-order valence-corrected chi connectivity index (χ1v) is 5.91. The number of nitrogens with one attached hydrogen (secondary N) is 1. The largest absolute Gasteiger partial charge is 0.492 e. The minimum atomic E-state index is 0.616. The standard InChI is InChI=1S/C12H19N3O2/c1-2-17-12-9-10(3-4-11(12)13)14-15-5-7-16-8-6-15/h3-4,9,14H,2,5-8,13H2,1H3. The Bertz CT molecular complexity index is 365. The molecule has 1 saturated heterocycles. The Kier molecular flexibility index (Phi) is 4.06. The number of benzene rings is 1. The van der Waals surface area contributed by atoms with Gasteiger partial charge in [-0.25, -0.2) is 5.01 Å². The Hall–Kier alpha value is -1.46. The zero-order valence-corrected chi connectivity index (χ0v) is 10.1. The van der Waals surface area contributed by atoms with Gasteiger partial charge < -0.3 is 20.6 Å². The summed E-state index contributed by atoms with van der Waals surface area (Å²) in [5.74, 6) is 0.728. The lowest BCUT2D eigenvalue weighted by atomic mass is 10.2. The highest BCUT2D eigenvalue weighted by Crippen LogP contribution is 2.25. The number of hydrogen-bond acceptors (Lipinski definition) is 5. The van der Waals surface area contributed by atoms with E-state index >= 15 is 0 Å². The van der Waals surface area contributed by atoms with Crippen LogP contribution in [0.4, 0.5) is 11.4 Å². The Morgan fingerprint density at radius 1 is 1.41 bits per heavy atom. The van der Waals surface area contributed by atoms with Crippen molar-refractivity contribution in [2.45, 2.75) is 6.92 Å². The molecule has 1 heterocycles. The molecule has 0 saturated carbocycles. The lowest BCUT2D eigenvalue weighted by Gasteiger charge is -2.28. The number of rotatable bonds is 4. The molecule has 1 aromatic carbocycles. The molecule has 0 aliphatic carbocycles. The molecule has 1 aromatic rings. The zero-order chi connectivity index (χ0) is 12.1. The van der Waals surface area contributed by atoms with E-state index in [9.17, 15) is 0 Å². The molecule has 1 aliphatic heterocycles. The molecule has 0 aromatic heterocycles. The Balaban J connectivity index is 2.02. The summed E-state index contributed by atoms with van der Waals surface area (Å²) in [6.45, 7) is 5.86. The predicted octanol–water partition coefficient (Wildman–Crippen LogP) is 1.33. The number of hydrogen-bond donors (Lipinski definition) is 2. The van der Waals surface area contributed by atoms with Gasteiger partial charge in [0.2, 0.25) is 0 Å². The van der Waals surface area contributed by atoms with Crippen molar-refractivity contribution in [2.75, 3.05) is 44.1 Å². The summed E-state index contributed by atoms with van der Waals surface area (Å²) in [7, 11) is 0. The monoisotopic (exact) mass is 237 g/mol. The van der Waals surface area contributed by atoms with Crippen molar-refractivity contribution in [3.8, 4) is 5.75 Å². The summed E-state index contributed by atoms with van der Waals surface area (Å²) >= 11 is 0. The van der Waals surface area contributed by atoms with Crippen LogP contribution in [0.2, 0.25) is 0 Å². The molecular formula is C12H19N3O2. The molecule has 5 heteroatoms. The number of hydrazine groups is 1. The van der Waals surface area contributed by atoms with Crippen LogP contribution in [0, 0.1) is 0 Å². The van der Waals surface area contributed by atoms with Gasteiger partial charge in [-0.05, 0) is 19.1 Å². The van der Waals surface area contributed by atoms with E-state index in [4.69, 9.17) is 15.2 Å². The van der Waals surface area contributed by atoms with Crippen LogP contribution in [0.5, 0.6) is 5.75 Å². The summed E-state index contributed by atoms with van der Waals surface area (Å²) < 4.78 is 10.8. The Labute approximate surface area is 101 Å². The highest BCUT2D eigenvalue weighted by Gasteiger charge is 2.10. The van der Waals surface area contributed by atoms with Crippen molar-refractivity contribution in [3.63, 3.8) is 0 Å². The maximum atomic E-state index is 5.82. The lowest BCUT2D eigenvalue weighted by molar-refractivity contribution is 0.0497. The van der Waals surface area contributed by atoms with Gasteiger partial charge in [-0.2, -0.15) is 0 Å². The van der Waals surface area contributed by atoms with E-state index in [2.05, 4.69) is 10.4 Å². The van der Waals surface area contributed by atoms with Gasteiger partial charge >= 0.3 is 0 Å². The predicted molar refractivity (Wildman–Crippen MR) is 68.0 cm³/mol. The molecule has 0 amide bonds. The van der Waals surface area contributed by atoms with E-state index in [1.807, 2.05) is 25.1 Å². The number of ether oxygens (including phenoxy) is 2. The van der Waals surface area contributed by atoms with Crippen LogP contribution >= 0.6 is 0 Å². The van der Waals surface area contributed by atoms with Crippen LogP contribution in [0.1, 0.15) is 6.92 Å². The maximum Gasteiger partial charge on any atom is 0.144 e. The molecule has 5 nitrogen and oxygen atoms in total.